The maximum atomic E-state index is 10.2. The molecule has 1 heterocycles. The highest BCUT2D eigenvalue weighted by molar-refractivity contribution is 5.84. The van der Waals surface area contributed by atoms with Gasteiger partial charge in [0, 0.05) is 11.1 Å². The van der Waals surface area contributed by atoms with Gasteiger partial charge in [0.1, 0.15) is 17.2 Å². The Morgan fingerprint density at radius 1 is 0.710 bits per heavy atom. The van der Waals surface area contributed by atoms with Crippen molar-refractivity contribution in [3.63, 3.8) is 0 Å². The van der Waals surface area contributed by atoms with E-state index in [0.717, 1.165) is 0 Å². The van der Waals surface area contributed by atoms with Crippen LogP contribution in [0.3, 0.4) is 0 Å². The average Bonchev–Trinajstić information content (AvgIpc) is 3.17. The van der Waals surface area contributed by atoms with Crippen molar-refractivity contribution < 1.29 is 15.3 Å². The Bertz CT molecular complexity index is 1270. The van der Waals surface area contributed by atoms with Crippen molar-refractivity contribution in [1.82, 2.24) is 14.9 Å². The van der Waals surface area contributed by atoms with E-state index in [1.54, 1.807) is 66.7 Å². The highest BCUT2D eigenvalue weighted by Gasteiger charge is 2.16. The van der Waals surface area contributed by atoms with Gasteiger partial charge in [-0.25, -0.2) is 5.43 Å². The van der Waals surface area contributed by atoms with Gasteiger partial charge in [-0.2, -0.15) is 14.9 Å². The van der Waals surface area contributed by atoms with Crippen molar-refractivity contribution in [3.05, 3.63) is 83.9 Å². The molecule has 0 atom stereocenters. The van der Waals surface area contributed by atoms with E-state index < -0.39 is 0 Å². The third-order valence-corrected chi connectivity index (χ3v) is 4.34. The van der Waals surface area contributed by atoms with Gasteiger partial charge in [-0.15, -0.1) is 10.2 Å². The molecular formula is C22H18N6O3. The van der Waals surface area contributed by atoms with E-state index in [1.165, 1.54) is 23.2 Å². The van der Waals surface area contributed by atoms with Gasteiger partial charge < -0.3 is 15.3 Å². The lowest BCUT2D eigenvalue weighted by atomic mass is 10.2. The van der Waals surface area contributed by atoms with Crippen LogP contribution in [0.4, 0.5) is 5.95 Å². The molecule has 0 fully saturated rings. The Labute approximate surface area is 177 Å². The monoisotopic (exact) mass is 414 g/mol. The van der Waals surface area contributed by atoms with E-state index in [1.807, 2.05) is 0 Å². The summed E-state index contributed by atoms with van der Waals surface area (Å²) in [4.78, 5) is 0. The third-order valence-electron chi connectivity index (χ3n) is 4.34. The Morgan fingerprint density at radius 3 is 1.94 bits per heavy atom. The van der Waals surface area contributed by atoms with Crippen LogP contribution in [-0.2, 0) is 0 Å². The van der Waals surface area contributed by atoms with E-state index >= 15 is 0 Å². The summed E-state index contributed by atoms with van der Waals surface area (Å²) in [6.45, 7) is 0. The number of aromatic hydroxyl groups is 3. The number of benzene rings is 3. The van der Waals surface area contributed by atoms with Crippen LogP contribution in [0.1, 0.15) is 11.1 Å². The smallest absolute Gasteiger partial charge is 0.266 e. The van der Waals surface area contributed by atoms with Crippen LogP contribution >= 0.6 is 0 Å². The second kappa shape index (κ2) is 8.78. The minimum atomic E-state index is 0.0122. The number of phenolic OH excluding ortho intramolecular Hbond substituents is 3. The second-order valence-corrected chi connectivity index (χ2v) is 6.41. The molecule has 0 aliphatic carbocycles. The van der Waals surface area contributed by atoms with E-state index in [-0.39, 0.29) is 29.0 Å². The number of anilines is 1. The van der Waals surface area contributed by atoms with Crippen molar-refractivity contribution in [2.24, 2.45) is 10.2 Å². The number of hydrogen-bond donors (Lipinski definition) is 4. The van der Waals surface area contributed by atoms with Crippen LogP contribution in [0.25, 0.3) is 11.4 Å². The fraction of sp³-hybridized carbons (Fsp3) is 0. The van der Waals surface area contributed by atoms with Gasteiger partial charge in [0.25, 0.3) is 5.95 Å². The Balaban J connectivity index is 1.71. The SMILES string of the molecule is Oc1ccccc1/C=N/Nc1nnc(-c2ccccc2O)n1/N=C/c1ccccc1O. The normalized spacial score (nSPS) is 11.4. The molecule has 154 valence electrons. The molecule has 0 aliphatic heterocycles. The average molecular weight is 414 g/mol. The van der Waals surface area contributed by atoms with Crippen molar-refractivity contribution in [2.75, 3.05) is 5.43 Å². The lowest BCUT2D eigenvalue weighted by molar-refractivity contribution is 0.474. The Hall–Kier alpha value is -4.66. The zero-order valence-corrected chi connectivity index (χ0v) is 16.2. The highest BCUT2D eigenvalue weighted by Crippen LogP contribution is 2.29. The molecule has 9 nitrogen and oxygen atoms in total. The quantitative estimate of drug-likeness (QED) is 0.283. The first kappa shape index (κ1) is 19.6. The van der Waals surface area contributed by atoms with Crippen molar-refractivity contribution in [3.8, 4) is 28.6 Å². The van der Waals surface area contributed by atoms with E-state index in [4.69, 9.17) is 0 Å². The molecule has 4 aromatic rings. The van der Waals surface area contributed by atoms with Crippen molar-refractivity contribution in [1.29, 1.82) is 0 Å². The first-order chi connectivity index (χ1) is 15.1. The minimum Gasteiger partial charge on any atom is -0.507 e. The lowest BCUT2D eigenvalue weighted by Crippen LogP contribution is -2.01. The molecule has 9 heteroatoms. The van der Waals surface area contributed by atoms with Crippen LogP contribution < -0.4 is 5.43 Å². The number of hydrogen-bond acceptors (Lipinski definition) is 8. The number of nitrogens with one attached hydrogen (secondary N) is 1. The van der Waals surface area contributed by atoms with Gasteiger partial charge in [0.2, 0.25) is 0 Å². The molecule has 4 rings (SSSR count). The van der Waals surface area contributed by atoms with Crippen molar-refractivity contribution >= 4 is 18.4 Å². The van der Waals surface area contributed by atoms with Crippen LogP contribution in [0, 0.1) is 0 Å². The molecule has 1 aromatic heterocycles. The number of rotatable bonds is 6. The largest absolute Gasteiger partial charge is 0.507 e. The molecular weight excluding hydrogens is 396 g/mol. The first-order valence-corrected chi connectivity index (χ1v) is 9.26. The van der Waals surface area contributed by atoms with E-state index in [9.17, 15) is 15.3 Å². The Morgan fingerprint density at radius 2 is 1.29 bits per heavy atom. The number of para-hydroxylation sites is 3. The summed E-state index contributed by atoms with van der Waals surface area (Å²) >= 11 is 0. The number of nitrogens with zero attached hydrogens (tertiary/aromatic N) is 5. The zero-order chi connectivity index (χ0) is 21.6. The van der Waals surface area contributed by atoms with E-state index in [2.05, 4.69) is 25.8 Å². The molecule has 4 N–H and O–H groups in total. The molecule has 3 aromatic carbocycles. The minimum absolute atomic E-state index is 0.0122. The molecule has 31 heavy (non-hydrogen) atoms. The maximum Gasteiger partial charge on any atom is 0.266 e. The summed E-state index contributed by atoms with van der Waals surface area (Å²) in [6, 6.07) is 20.1. The first-order valence-electron chi connectivity index (χ1n) is 9.26. The van der Waals surface area contributed by atoms with Gasteiger partial charge in [0.05, 0.1) is 18.0 Å². The fourth-order valence-corrected chi connectivity index (χ4v) is 2.76. The summed E-state index contributed by atoms with van der Waals surface area (Å²) in [5, 5.41) is 46.7. The predicted octanol–water partition coefficient (Wildman–Crippen LogP) is 3.39. The summed E-state index contributed by atoms with van der Waals surface area (Å²) < 4.78 is 1.35. The van der Waals surface area contributed by atoms with Gasteiger partial charge in [0.15, 0.2) is 5.82 Å². The van der Waals surface area contributed by atoms with Crippen LogP contribution in [-0.4, -0.2) is 42.6 Å². The summed E-state index contributed by atoms with van der Waals surface area (Å²) in [5.74, 6) is 0.595. The van der Waals surface area contributed by atoms with Gasteiger partial charge in [-0.05, 0) is 36.4 Å². The summed E-state index contributed by atoms with van der Waals surface area (Å²) in [6.07, 6.45) is 2.88. The van der Waals surface area contributed by atoms with Crippen LogP contribution in [0.5, 0.6) is 17.2 Å². The number of phenols is 3. The Kier molecular flexibility index (Phi) is 5.57. The molecule has 0 saturated carbocycles. The predicted molar refractivity (Wildman–Crippen MR) is 118 cm³/mol. The highest BCUT2D eigenvalue weighted by atomic mass is 16.3. The maximum absolute atomic E-state index is 10.2. The third kappa shape index (κ3) is 4.35. The summed E-state index contributed by atoms with van der Waals surface area (Å²) in [5.41, 5.74) is 4.16. The number of hydrazone groups is 1. The molecule has 0 spiro atoms. The van der Waals surface area contributed by atoms with Crippen molar-refractivity contribution in [2.45, 2.75) is 0 Å². The molecule has 0 radical (unpaired) electrons. The fourth-order valence-electron chi connectivity index (χ4n) is 2.76. The van der Waals surface area contributed by atoms with Crippen LogP contribution in [0.2, 0.25) is 0 Å². The summed E-state index contributed by atoms with van der Waals surface area (Å²) in [7, 11) is 0. The van der Waals surface area contributed by atoms with Gasteiger partial charge in [-0.3, -0.25) is 0 Å². The number of aromatic nitrogens is 3. The second-order valence-electron chi connectivity index (χ2n) is 6.41. The molecule has 0 amide bonds. The molecule has 0 saturated heterocycles. The topological polar surface area (TPSA) is 128 Å². The lowest BCUT2D eigenvalue weighted by Gasteiger charge is -2.06. The molecule has 0 bridgehead atoms. The van der Waals surface area contributed by atoms with Crippen LogP contribution in [0.15, 0.2) is 83.0 Å². The molecule has 0 aliphatic rings. The van der Waals surface area contributed by atoms with E-state index in [0.29, 0.717) is 16.7 Å². The zero-order valence-electron chi connectivity index (χ0n) is 16.2. The van der Waals surface area contributed by atoms with Gasteiger partial charge in [-0.1, -0.05) is 36.4 Å². The molecule has 0 unspecified atom stereocenters. The van der Waals surface area contributed by atoms with Gasteiger partial charge >= 0.3 is 0 Å². The standard InChI is InChI=1S/C22H18N6O3/c29-18-10-4-1-7-15(18)13-23-26-22-27-25-21(17-9-3-6-12-20(17)31)28(22)24-14-16-8-2-5-11-19(16)30/h1-14,29-31H,(H,26,27)/b23-13+,24-14+.